The van der Waals surface area contributed by atoms with Gasteiger partial charge < -0.3 is 20.5 Å². The average molecular weight is 243 g/mol. The van der Waals surface area contributed by atoms with E-state index in [1.54, 1.807) is 0 Å². The Morgan fingerprint density at radius 2 is 2.12 bits per heavy atom. The summed E-state index contributed by atoms with van der Waals surface area (Å²) in [4.78, 5) is 36.7. The van der Waals surface area contributed by atoms with Crippen LogP contribution in [0.3, 0.4) is 0 Å². The molecule has 8 nitrogen and oxygen atoms in total. The second-order valence-corrected chi connectivity index (χ2v) is 3.48. The zero-order valence-corrected chi connectivity index (χ0v) is 9.06. The van der Waals surface area contributed by atoms with Gasteiger partial charge in [0.15, 0.2) is 0 Å². The summed E-state index contributed by atoms with van der Waals surface area (Å²) in [5.74, 6) is -0.369. The Hall–Kier alpha value is -1.93. The SMILES string of the molecule is CC(=O)NCC(O)C(O)c1c[nH]c(=O)[nH]c1=O. The van der Waals surface area contributed by atoms with Crippen LogP contribution in [0, 0.1) is 0 Å². The molecule has 1 heterocycles. The molecule has 2 atom stereocenters. The maximum absolute atomic E-state index is 11.3. The number of aromatic amines is 2. The summed E-state index contributed by atoms with van der Waals surface area (Å²) in [7, 11) is 0. The third-order valence-electron chi connectivity index (χ3n) is 2.09. The highest BCUT2D eigenvalue weighted by Gasteiger charge is 2.21. The molecule has 0 spiro atoms. The van der Waals surface area contributed by atoms with Gasteiger partial charge in [-0.15, -0.1) is 0 Å². The first-order valence-electron chi connectivity index (χ1n) is 4.84. The fourth-order valence-corrected chi connectivity index (χ4v) is 1.21. The minimum absolute atomic E-state index is 0.178. The van der Waals surface area contributed by atoms with E-state index in [1.807, 2.05) is 4.98 Å². The van der Waals surface area contributed by atoms with Crippen LogP contribution in [-0.2, 0) is 4.79 Å². The van der Waals surface area contributed by atoms with Crippen molar-refractivity contribution in [3.05, 3.63) is 32.6 Å². The molecule has 5 N–H and O–H groups in total. The van der Waals surface area contributed by atoms with Gasteiger partial charge in [0.2, 0.25) is 5.91 Å². The van der Waals surface area contributed by atoms with Gasteiger partial charge in [-0.2, -0.15) is 0 Å². The van der Waals surface area contributed by atoms with Crippen LogP contribution in [0.2, 0.25) is 0 Å². The standard InChI is InChI=1S/C9H13N3O5/c1-4(13)10-3-6(14)7(15)5-2-11-9(17)12-8(5)16/h2,6-7,14-15H,3H2,1H3,(H,10,13)(H2,11,12,16,17). The average Bonchev–Trinajstić information content (AvgIpc) is 2.25. The lowest BCUT2D eigenvalue weighted by Gasteiger charge is -2.17. The monoisotopic (exact) mass is 243 g/mol. The van der Waals surface area contributed by atoms with Crippen molar-refractivity contribution >= 4 is 5.91 Å². The third-order valence-corrected chi connectivity index (χ3v) is 2.09. The predicted octanol–water partition coefficient (Wildman–Crippen LogP) is -2.41. The maximum Gasteiger partial charge on any atom is 0.325 e. The highest BCUT2D eigenvalue weighted by molar-refractivity contribution is 5.72. The summed E-state index contributed by atoms with van der Waals surface area (Å²) in [5, 5.41) is 21.4. The van der Waals surface area contributed by atoms with Gasteiger partial charge in [0.25, 0.3) is 5.56 Å². The summed E-state index contributed by atoms with van der Waals surface area (Å²) in [6.07, 6.45) is -1.82. The van der Waals surface area contributed by atoms with Gasteiger partial charge in [0.1, 0.15) is 12.2 Å². The molecule has 1 aromatic rings. The van der Waals surface area contributed by atoms with Crippen LogP contribution in [0.5, 0.6) is 0 Å². The van der Waals surface area contributed by atoms with E-state index in [9.17, 15) is 24.6 Å². The molecule has 0 aliphatic carbocycles. The van der Waals surface area contributed by atoms with Crippen LogP contribution in [0.15, 0.2) is 15.8 Å². The summed E-state index contributed by atoms with van der Waals surface area (Å²) in [5.41, 5.74) is -1.67. The molecule has 8 heteroatoms. The molecule has 0 bridgehead atoms. The van der Waals surface area contributed by atoms with E-state index in [2.05, 4.69) is 10.3 Å². The summed E-state index contributed by atoms with van der Waals surface area (Å²) in [6.45, 7) is 1.06. The first-order chi connectivity index (χ1) is 7.91. The van der Waals surface area contributed by atoms with Gasteiger partial charge in [0.05, 0.1) is 5.56 Å². The maximum atomic E-state index is 11.3. The number of aromatic nitrogens is 2. The predicted molar refractivity (Wildman–Crippen MR) is 57.3 cm³/mol. The fraction of sp³-hybridized carbons (Fsp3) is 0.444. The highest BCUT2D eigenvalue weighted by Crippen LogP contribution is 2.10. The van der Waals surface area contributed by atoms with Crippen LogP contribution < -0.4 is 16.6 Å². The Morgan fingerprint density at radius 3 is 2.65 bits per heavy atom. The van der Waals surface area contributed by atoms with Crippen molar-refractivity contribution in [3.8, 4) is 0 Å². The van der Waals surface area contributed by atoms with Crippen molar-refractivity contribution in [2.24, 2.45) is 0 Å². The molecule has 0 saturated carbocycles. The molecule has 0 fully saturated rings. The van der Waals surface area contributed by atoms with E-state index in [0.29, 0.717) is 0 Å². The van der Waals surface area contributed by atoms with Crippen molar-refractivity contribution < 1.29 is 15.0 Å². The van der Waals surface area contributed by atoms with Crippen molar-refractivity contribution in [2.45, 2.75) is 19.1 Å². The Morgan fingerprint density at radius 1 is 1.47 bits per heavy atom. The lowest BCUT2D eigenvalue weighted by atomic mass is 10.1. The highest BCUT2D eigenvalue weighted by atomic mass is 16.3. The molecule has 1 aromatic heterocycles. The van der Waals surface area contributed by atoms with Gasteiger partial charge in [-0.3, -0.25) is 14.6 Å². The van der Waals surface area contributed by atoms with Gasteiger partial charge in [-0.25, -0.2) is 4.79 Å². The number of H-pyrrole nitrogens is 2. The first kappa shape index (κ1) is 13.1. The van der Waals surface area contributed by atoms with E-state index < -0.39 is 23.5 Å². The van der Waals surface area contributed by atoms with Crippen molar-refractivity contribution in [1.29, 1.82) is 0 Å². The third kappa shape index (κ3) is 3.54. The number of carbonyl (C=O) groups excluding carboxylic acids is 1. The van der Waals surface area contributed by atoms with Crippen LogP contribution in [-0.4, -0.2) is 38.7 Å². The second kappa shape index (κ2) is 5.41. The quantitative estimate of drug-likeness (QED) is 0.401. The van der Waals surface area contributed by atoms with Crippen LogP contribution in [0.1, 0.15) is 18.6 Å². The molecule has 17 heavy (non-hydrogen) atoms. The fourth-order valence-electron chi connectivity index (χ4n) is 1.21. The molecule has 94 valence electrons. The minimum Gasteiger partial charge on any atom is -0.388 e. The molecule has 1 amide bonds. The molecular formula is C9H13N3O5. The Labute approximate surface area is 95.3 Å². The number of carbonyl (C=O) groups is 1. The molecule has 1 rings (SSSR count). The van der Waals surface area contributed by atoms with Gasteiger partial charge in [-0.05, 0) is 0 Å². The first-order valence-corrected chi connectivity index (χ1v) is 4.84. The molecule has 0 saturated heterocycles. The van der Waals surface area contributed by atoms with Crippen molar-refractivity contribution in [2.75, 3.05) is 6.54 Å². The van der Waals surface area contributed by atoms with Gasteiger partial charge >= 0.3 is 5.69 Å². The van der Waals surface area contributed by atoms with Crippen molar-refractivity contribution in [1.82, 2.24) is 15.3 Å². The molecule has 0 aliphatic heterocycles. The lowest BCUT2D eigenvalue weighted by molar-refractivity contribution is -0.119. The van der Waals surface area contributed by atoms with Crippen LogP contribution in [0.25, 0.3) is 0 Å². The Kier molecular flexibility index (Phi) is 4.18. The second-order valence-electron chi connectivity index (χ2n) is 3.48. The number of hydrogen-bond donors (Lipinski definition) is 5. The smallest absolute Gasteiger partial charge is 0.325 e. The zero-order valence-electron chi connectivity index (χ0n) is 9.06. The number of amides is 1. The van der Waals surface area contributed by atoms with E-state index in [0.717, 1.165) is 6.20 Å². The number of rotatable bonds is 4. The minimum atomic E-state index is -1.50. The van der Waals surface area contributed by atoms with Crippen molar-refractivity contribution in [3.63, 3.8) is 0 Å². The van der Waals surface area contributed by atoms with E-state index in [1.165, 1.54) is 6.92 Å². The Bertz CT molecular complexity index is 506. The van der Waals surface area contributed by atoms with Gasteiger partial charge in [-0.1, -0.05) is 0 Å². The topological polar surface area (TPSA) is 135 Å². The summed E-state index contributed by atoms with van der Waals surface area (Å²) >= 11 is 0. The lowest BCUT2D eigenvalue weighted by Crippen LogP contribution is -2.37. The largest absolute Gasteiger partial charge is 0.388 e. The summed E-state index contributed by atoms with van der Waals surface area (Å²) < 4.78 is 0. The zero-order chi connectivity index (χ0) is 13.0. The van der Waals surface area contributed by atoms with Crippen LogP contribution in [0.4, 0.5) is 0 Å². The molecule has 2 unspecified atom stereocenters. The number of aliphatic hydroxyl groups excluding tert-OH is 2. The Balaban J connectivity index is 2.81. The van der Waals surface area contributed by atoms with Crippen LogP contribution >= 0.6 is 0 Å². The molecule has 0 aliphatic rings. The molecular weight excluding hydrogens is 230 g/mol. The van der Waals surface area contributed by atoms with Gasteiger partial charge in [0, 0.05) is 19.7 Å². The van der Waals surface area contributed by atoms with E-state index in [-0.39, 0.29) is 18.0 Å². The number of aliphatic hydroxyl groups is 2. The van der Waals surface area contributed by atoms with E-state index in [4.69, 9.17) is 0 Å². The number of hydrogen-bond acceptors (Lipinski definition) is 5. The normalized spacial score (nSPS) is 14.1. The molecule has 0 aromatic carbocycles. The summed E-state index contributed by atoms with van der Waals surface area (Å²) in [6, 6.07) is 0. The van der Waals surface area contributed by atoms with E-state index >= 15 is 0 Å². The number of nitrogens with one attached hydrogen (secondary N) is 3. The molecule has 0 radical (unpaired) electrons.